The standard InChI is InChI=1S/C16H15N5O2/c22-16(19-12-3-4-13-11(6-12)9-18-20-13)14-7-15(23-21-14)10-2-1-5-17-8-10/h1-2,5,7-9,12H,3-4,6H2,(H,18,20)(H,19,22). The maximum Gasteiger partial charge on any atom is 0.273 e. The van der Waals surface area contributed by atoms with Crippen LogP contribution in [0.4, 0.5) is 0 Å². The third-order valence-corrected chi connectivity index (χ3v) is 4.04. The van der Waals surface area contributed by atoms with Crippen molar-refractivity contribution in [1.29, 1.82) is 0 Å². The van der Waals surface area contributed by atoms with E-state index < -0.39 is 0 Å². The van der Waals surface area contributed by atoms with Crippen molar-refractivity contribution in [3.63, 3.8) is 0 Å². The van der Waals surface area contributed by atoms with Crippen LogP contribution in [0.5, 0.6) is 0 Å². The number of nitrogens with zero attached hydrogens (tertiary/aromatic N) is 3. The van der Waals surface area contributed by atoms with Crippen molar-refractivity contribution in [3.8, 4) is 11.3 Å². The van der Waals surface area contributed by atoms with Crippen molar-refractivity contribution in [1.82, 2.24) is 25.7 Å². The fourth-order valence-corrected chi connectivity index (χ4v) is 2.83. The van der Waals surface area contributed by atoms with E-state index in [4.69, 9.17) is 4.52 Å². The second kappa shape index (κ2) is 5.68. The zero-order valence-corrected chi connectivity index (χ0v) is 12.3. The number of carbonyl (C=O) groups is 1. The van der Waals surface area contributed by atoms with Crippen LogP contribution in [-0.4, -0.2) is 32.3 Å². The van der Waals surface area contributed by atoms with Gasteiger partial charge in [0.25, 0.3) is 5.91 Å². The fourth-order valence-electron chi connectivity index (χ4n) is 2.83. The minimum absolute atomic E-state index is 0.0890. The Labute approximate surface area is 132 Å². The zero-order valence-electron chi connectivity index (χ0n) is 12.3. The van der Waals surface area contributed by atoms with E-state index in [0.717, 1.165) is 36.1 Å². The van der Waals surface area contributed by atoms with Crippen LogP contribution in [0.3, 0.4) is 0 Å². The number of carbonyl (C=O) groups excluding carboxylic acids is 1. The molecule has 2 N–H and O–H groups in total. The molecule has 1 atom stereocenters. The second-order valence-electron chi connectivity index (χ2n) is 5.61. The number of pyridine rings is 1. The lowest BCUT2D eigenvalue weighted by molar-refractivity contribution is 0.0924. The Bertz CT molecular complexity index is 824. The highest BCUT2D eigenvalue weighted by atomic mass is 16.5. The van der Waals surface area contributed by atoms with Crippen molar-refractivity contribution in [2.75, 3.05) is 0 Å². The van der Waals surface area contributed by atoms with Crippen LogP contribution < -0.4 is 5.32 Å². The summed E-state index contributed by atoms with van der Waals surface area (Å²) in [5.74, 6) is 0.310. The normalized spacial score (nSPS) is 16.8. The van der Waals surface area contributed by atoms with Crippen molar-refractivity contribution < 1.29 is 9.32 Å². The molecule has 0 bridgehead atoms. The molecular weight excluding hydrogens is 294 g/mol. The van der Waals surface area contributed by atoms with Gasteiger partial charge in [0.1, 0.15) is 0 Å². The molecule has 1 unspecified atom stereocenters. The van der Waals surface area contributed by atoms with Crippen LogP contribution in [0, 0.1) is 0 Å². The average molecular weight is 309 g/mol. The van der Waals surface area contributed by atoms with Gasteiger partial charge in [-0.25, -0.2) is 0 Å². The third-order valence-electron chi connectivity index (χ3n) is 4.04. The summed E-state index contributed by atoms with van der Waals surface area (Å²) < 4.78 is 5.24. The maximum atomic E-state index is 12.3. The van der Waals surface area contributed by atoms with Gasteiger partial charge in [0.2, 0.25) is 0 Å². The Kier molecular flexibility index (Phi) is 3.38. The molecule has 23 heavy (non-hydrogen) atoms. The van der Waals surface area contributed by atoms with E-state index in [1.807, 2.05) is 18.3 Å². The molecule has 3 heterocycles. The third kappa shape index (κ3) is 2.73. The van der Waals surface area contributed by atoms with E-state index in [1.165, 1.54) is 0 Å². The highest BCUT2D eigenvalue weighted by Crippen LogP contribution is 2.21. The molecule has 0 aromatic carbocycles. The molecular formula is C16H15N5O2. The van der Waals surface area contributed by atoms with Gasteiger partial charge in [0.05, 0.1) is 6.20 Å². The lowest BCUT2D eigenvalue weighted by Gasteiger charge is -2.22. The predicted octanol–water partition coefficient (Wildman–Crippen LogP) is 1.75. The first-order chi connectivity index (χ1) is 11.3. The van der Waals surface area contributed by atoms with E-state index in [1.54, 1.807) is 18.5 Å². The van der Waals surface area contributed by atoms with E-state index in [9.17, 15) is 4.79 Å². The van der Waals surface area contributed by atoms with Crippen molar-refractivity contribution in [2.24, 2.45) is 0 Å². The molecule has 7 nitrogen and oxygen atoms in total. The molecule has 1 aliphatic carbocycles. The summed E-state index contributed by atoms with van der Waals surface area (Å²) in [7, 11) is 0. The Balaban J connectivity index is 1.45. The number of fused-ring (bicyclic) bond motifs is 1. The summed E-state index contributed by atoms with van der Waals surface area (Å²) in [6, 6.07) is 5.39. The Hall–Kier alpha value is -2.96. The Morgan fingerprint density at radius 2 is 2.35 bits per heavy atom. The van der Waals surface area contributed by atoms with Crippen molar-refractivity contribution in [2.45, 2.75) is 25.3 Å². The van der Waals surface area contributed by atoms with E-state index in [0.29, 0.717) is 5.76 Å². The minimum atomic E-state index is -0.221. The molecule has 7 heteroatoms. The van der Waals surface area contributed by atoms with Crippen LogP contribution in [0.2, 0.25) is 0 Å². The van der Waals surface area contributed by atoms with Gasteiger partial charge in [-0.1, -0.05) is 5.16 Å². The number of nitrogens with one attached hydrogen (secondary N) is 2. The minimum Gasteiger partial charge on any atom is -0.355 e. The molecule has 0 spiro atoms. The fraction of sp³-hybridized carbons (Fsp3) is 0.250. The SMILES string of the molecule is O=C(NC1CCc2[nH]ncc2C1)c1cc(-c2cccnc2)on1. The summed E-state index contributed by atoms with van der Waals surface area (Å²) in [4.78, 5) is 16.4. The van der Waals surface area contributed by atoms with Gasteiger partial charge in [0, 0.05) is 35.8 Å². The molecule has 116 valence electrons. The van der Waals surface area contributed by atoms with E-state index in [2.05, 4.69) is 25.7 Å². The second-order valence-corrected chi connectivity index (χ2v) is 5.61. The van der Waals surface area contributed by atoms with Gasteiger partial charge in [-0.2, -0.15) is 5.10 Å². The van der Waals surface area contributed by atoms with Crippen LogP contribution in [-0.2, 0) is 12.8 Å². The molecule has 4 rings (SSSR count). The highest BCUT2D eigenvalue weighted by molar-refractivity contribution is 5.93. The highest BCUT2D eigenvalue weighted by Gasteiger charge is 2.23. The monoisotopic (exact) mass is 309 g/mol. The predicted molar refractivity (Wildman–Crippen MR) is 81.6 cm³/mol. The number of aryl methyl sites for hydroxylation is 1. The van der Waals surface area contributed by atoms with Crippen LogP contribution in [0.25, 0.3) is 11.3 Å². The van der Waals surface area contributed by atoms with Crippen molar-refractivity contribution >= 4 is 5.91 Å². The summed E-state index contributed by atoms with van der Waals surface area (Å²) in [6.07, 6.45) is 7.73. The summed E-state index contributed by atoms with van der Waals surface area (Å²) in [5.41, 5.74) is 3.40. The van der Waals surface area contributed by atoms with Crippen LogP contribution >= 0.6 is 0 Å². The average Bonchev–Trinajstić information content (AvgIpc) is 3.24. The number of H-pyrrole nitrogens is 1. The quantitative estimate of drug-likeness (QED) is 0.768. The molecule has 3 aromatic rings. The zero-order chi connectivity index (χ0) is 15.6. The number of aromatic amines is 1. The van der Waals surface area contributed by atoms with E-state index >= 15 is 0 Å². The van der Waals surface area contributed by atoms with Crippen molar-refractivity contribution in [3.05, 3.63) is 53.7 Å². The smallest absolute Gasteiger partial charge is 0.273 e. The molecule has 0 radical (unpaired) electrons. The largest absolute Gasteiger partial charge is 0.355 e. The topological polar surface area (TPSA) is 96.7 Å². The number of aromatic nitrogens is 4. The molecule has 1 aliphatic rings. The van der Waals surface area contributed by atoms with Gasteiger partial charge in [-0.15, -0.1) is 0 Å². The Morgan fingerprint density at radius 1 is 1.39 bits per heavy atom. The Morgan fingerprint density at radius 3 is 3.22 bits per heavy atom. The van der Waals surface area contributed by atoms with Gasteiger partial charge >= 0.3 is 0 Å². The van der Waals surface area contributed by atoms with E-state index in [-0.39, 0.29) is 17.6 Å². The molecule has 0 saturated carbocycles. The molecule has 0 aliphatic heterocycles. The summed E-state index contributed by atoms with van der Waals surface area (Å²) >= 11 is 0. The first-order valence-electron chi connectivity index (χ1n) is 7.48. The summed E-state index contributed by atoms with van der Waals surface area (Å²) in [5, 5.41) is 13.9. The first kappa shape index (κ1) is 13.7. The van der Waals surface area contributed by atoms with Gasteiger partial charge < -0.3 is 9.84 Å². The number of rotatable bonds is 3. The maximum absolute atomic E-state index is 12.3. The number of hydrogen-bond donors (Lipinski definition) is 2. The lowest BCUT2D eigenvalue weighted by atomic mass is 9.93. The van der Waals surface area contributed by atoms with Crippen LogP contribution in [0.1, 0.15) is 28.2 Å². The number of amides is 1. The first-order valence-corrected chi connectivity index (χ1v) is 7.48. The van der Waals surface area contributed by atoms with Gasteiger partial charge in [-0.05, 0) is 37.0 Å². The van der Waals surface area contributed by atoms with Crippen LogP contribution in [0.15, 0.2) is 41.3 Å². The summed E-state index contributed by atoms with van der Waals surface area (Å²) in [6.45, 7) is 0. The molecule has 0 saturated heterocycles. The lowest BCUT2D eigenvalue weighted by Crippen LogP contribution is -2.38. The van der Waals surface area contributed by atoms with Gasteiger partial charge in [-0.3, -0.25) is 14.9 Å². The molecule has 1 amide bonds. The molecule has 0 fully saturated rings. The number of hydrogen-bond acceptors (Lipinski definition) is 5. The molecule has 3 aromatic heterocycles. The van der Waals surface area contributed by atoms with Gasteiger partial charge in [0.15, 0.2) is 11.5 Å².